The number of hydrogen-bond donors (Lipinski definition) is 0. The summed E-state index contributed by atoms with van der Waals surface area (Å²) in [4.78, 5) is 15.7. The zero-order valence-corrected chi connectivity index (χ0v) is 20.6. The highest BCUT2D eigenvalue weighted by Crippen LogP contribution is 2.36. The van der Waals surface area contributed by atoms with Gasteiger partial charge in [-0.3, -0.25) is 0 Å². The summed E-state index contributed by atoms with van der Waals surface area (Å²) in [5, 5.41) is 0. The molecule has 0 N–H and O–H groups in total. The molecule has 0 saturated heterocycles. The normalized spacial score (nSPS) is 14.4. The quantitative estimate of drug-likeness (QED) is 0.222. The Kier molecular flexibility index (Phi) is 7.46. The Morgan fingerprint density at radius 2 is 1.81 bits per heavy atom. The maximum atomic E-state index is 10.9. The summed E-state index contributed by atoms with van der Waals surface area (Å²) in [5.74, 6) is 3.55. The number of aromatic nitrogens is 1. The Bertz CT molecular complexity index is 1290. The number of carbonyl (C=O) groups excluding carboxylic acids is 1. The van der Waals surface area contributed by atoms with Crippen molar-refractivity contribution < 1.29 is 18.7 Å². The maximum Gasteiger partial charge on any atom is 0.226 e. The second-order valence-electron chi connectivity index (χ2n) is 9.14. The van der Waals surface area contributed by atoms with Crippen LogP contribution in [0.15, 0.2) is 77.2 Å². The van der Waals surface area contributed by atoms with E-state index in [2.05, 4.69) is 19.1 Å². The SMILES string of the molecule is CCc1oc(-c2ccc(OCc3ccccc3)cc2)nc1CCOc1ccc2c(c1)CC[C@@H]2CC=O. The molecule has 0 amide bonds. The zero-order chi connectivity index (χ0) is 24.7. The molecule has 0 radical (unpaired) electrons. The van der Waals surface area contributed by atoms with Gasteiger partial charge in [0.05, 0.1) is 12.3 Å². The van der Waals surface area contributed by atoms with Crippen molar-refractivity contribution in [1.82, 2.24) is 4.98 Å². The van der Waals surface area contributed by atoms with Crippen molar-refractivity contribution in [3.63, 3.8) is 0 Å². The van der Waals surface area contributed by atoms with E-state index in [1.807, 2.05) is 60.7 Å². The van der Waals surface area contributed by atoms with Gasteiger partial charge in [-0.1, -0.05) is 43.3 Å². The third-order valence-corrected chi connectivity index (χ3v) is 6.75. The first-order chi connectivity index (χ1) is 17.7. The average Bonchev–Trinajstić information content (AvgIpc) is 3.52. The number of aldehydes is 1. The van der Waals surface area contributed by atoms with Gasteiger partial charge in [-0.2, -0.15) is 0 Å². The molecule has 3 aromatic carbocycles. The van der Waals surface area contributed by atoms with E-state index in [4.69, 9.17) is 18.9 Å². The third-order valence-electron chi connectivity index (χ3n) is 6.75. The first kappa shape index (κ1) is 23.9. The van der Waals surface area contributed by atoms with E-state index in [-0.39, 0.29) is 0 Å². The Balaban J connectivity index is 1.18. The highest BCUT2D eigenvalue weighted by Gasteiger charge is 2.22. The molecule has 5 nitrogen and oxygen atoms in total. The summed E-state index contributed by atoms with van der Waals surface area (Å²) < 4.78 is 18.0. The molecule has 0 fully saturated rings. The Hall–Kier alpha value is -3.86. The van der Waals surface area contributed by atoms with Crippen molar-refractivity contribution in [3.8, 4) is 23.0 Å². The first-order valence-corrected chi connectivity index (χ1v) is 12.7. The van der Waals surface area contributed by atoms with Gasteiger partial charge in [0.1, 0.15) is 30.2 Å². The topological polar surface area (TPSA) is 61.6 Å². The number of hydrogen-bond acceptors (Lipinski definition) is 5. The minimum atomic E-state index is 0.358. The summed E-state index contributed by atoms with van der Waals surface area (Å²) in [5.41, 5.74) is 5.58. The van der Waals surface area contributed by atoms with Crippen LogP contribution in [0.1, 0.15) is 53.8 Å². The monoisotopic (exact) mass is 481 g/mol. The Labute approximate surface area is 212 Å². The summed E-state index contributed by atoms with van der Waals surface area (Å²) in [7, 11) is 0. The second-order valence-corrected chi connectivity index (χ2v) is 9.14. The molecule has 184 valence electrons. The van der Waals surface area contributed by atoms with Gasteiger partial charge in [0.15, 0.2) is 0 Å². The lowest BCUT2D eigenvalue weighted by atomic mass is 9.99. The molecule has 0 aliphatic heterocycles. The number of rotatable bonds is 11. The van der Waals surface area contributed by atoms with Crippen LogP contribution in [0.5, 0.6) is 11.5 Å². The molecule has 1 heterocycles. The van der Waals surface area contributed by atoms with E-state index in [1.54, 1.807) is 0 Å². The predicted molar refractivity (Wildman–Crippen MR) is 139 cm³/mol. The third kappa shape index (κ3) is 5.51. The average molecular weight is 482 g/mol. The van der Waals surface area contributed by atoms with Crippen LogP contribution in [0.25, 0.3) is 11.5 Å². The van der Waals surface area contributed by atoms with Gasteiger partial charge >= 0.3 is 0 Å². The number of nitrogens with zero attached hydrogens (tertiary/aromatic N) is 1. The van der Waals surface area contributed by atoms with E-state index in [0.29, 0.717) is 37.9 Å². The molecule has 36 heavy (non-hydrogen) atoms. The maximum absolute atomic E-state index is 10.9. The van der Waals surface area contributed by atoms with E-state index in [9.17, 15) is 4.79 Å². The molecule has 4 aromatic rings. The van der Waals surface area contributed by atoms with E-state index >= 15 is 0 Å². The molecule has 1 atom stereocenters. The van der Waals surface area contributed by atoms with Crippen molar-refractivity contribution in [2.45, 2.75) is 51.6 Å². The summed E-state index contributed by atoms with van der Waals surface area (Å²) in [6, 6.07) is 24.2. The number of benzene rings is 3. The first-order valence-electron chi connectivity index (χ1n) is 12.7. The van der Waals surface area contributed by atoms with Crippen LogP contribution >= 0.6 is 0 Å². The zero-order valence-electron chi connectivity index (χ0n) is 20.6. The van der Waals surface area contributed by atoms with Crippen molar-refractivity contribution in [1.29, 1.82) is 0 Å². The number of ether oxygens (including phenoxy) is 2. The van der Waals surface area contributed by atoms with Gasteiger partial charge in [-0.25, -0.2) is 4.98 Å². The van der Waals surface area contributed by atoms with E-state index in [0.717, 1.165) is 59.6 Å². The number of oxazole rings is 1. The van der Waals surface area contributed by atoms with Crippen molar-refractivity contribution >= 4 is 6.29 Å². The predicted octanol–water partition coefficient (Wildman–Crippen LogP) is 6.72. The van der Waals surface area contributed by atoms with Crippen LogP contribution in [0.3, 0.4) is 0 Å². The largest absolute Gasteiger partial charge is 0.493 e. The van der Waals surface area contributed by atoms with Gasteiger partial charge < -0.3 is 18.7 Å². The van der Waals surface area contributed by atoms with Gasteiger partial charge in [-0.15, -0.1) is 0 Å². The number of aryl methyl sites for hydroxylation is 2. The van der Waals surface area contributed by atoms with Gasteiger partial charge in [0.2, 0.25) is 5.89 Å². The van der Waals surface area contributed by atoms with Gasteiger partial charge in [0, 0.05) is 24.8 Å². The van der Waals surface area contributed by atoms with Crippen LogP contribution in [-0.4, -0.2) is 17.9 Å². The fourth-order valence-corrected chi connectivity index (χ4v) is 4.81. The smallest absolute Gasteiger partial charge is 0.226 e. The minimum absolute atomic E-state index is 0.358. The second kappa shape index (κ2) is 11.3. The standard InChI is InChI=1S/C31H31NO4/c1-2-30-29(17-19-34-27-14-15-28-23(16-18-33)8-9-25(28)20-27)32-31(36-30)24-10-12-26(13-11-24)35-21-22-6-4-3-5-7-22/h3-7,10-15,18,20,23H,2,8-9,16-17,19,21H2,1H3/t23-/m1/s1. The molecule has 1 aliphatic rings. The summed E-state index contributed by atoms with van der Waals surface area (Å²) in [6.07, 6.45) is 5.13. The molecule has 5 heteroatoms. The van der Waals surface area contributed by atoms with Crippen LogP contribution in [0.2, 0.25) is 0 Å². The van der Waals surface area contributed by atoms with Crippen LogP contribution < -0.4 is 9.47 Å². The van der Waals surface area contributed by atoms with E-state index < -0.39 is 0 Å². The molecule has 5 rings (SSSR count). The van der Waals surface area contributed by atoms with Crippen LogP contribution in [0, 0.1) is 0 Å². The van der Waals surface area contributed by atoms with E-state index in [1.165, 1.54) is 11.1 Å². The van der Waals surface area contributed by atoms with Crippen LogP contribution in [0.4, 0.5) is 0 Å². The fourth-order valence-electron chi connectivity index (χ4n) is 4.81. The Morgan fingerprint density at radius 1 is 1.00 bits per heavy atom. The molecular weight excluding hydrogens is 450 g/mol. The van der Waals surface area contributed by atoms with Crippen LogP contribution in [-0.2, 0) is 30.7 Å². The summed E-state index contributed by atoms with van der Waals surface area (Å²) >= 11 is 0. The fraction of sp³-hybridized carbons (Fsp3) is 0.290. The van der Waals surface area contributed by atoms with Crippen molar-refractivity contribution in [2.75, 3.05) is 6.61 Å². The van der Waals surface area contributed by atoms with Crippen molar-refractivity contribution in [3.05, 3.63) is 101 Å². The lowest BCUT2D eigenvalue weighted by Crippen LogP contribution is -2.04. The summed E-state index contributed by atoms with van der Waals surface area (Å²) in [6.45, 7) is 3.14. The molecule has 0 unspecified atom stereocenters. The molecule has 1 aliphatic carbocycles. The highest BCUT2D eigenvalue weighted by atomic mass is 16.5. The highest BCUT2D eigenvalue weighted by molar-refractivity contribution is 5.55. The lowest BCUT2D eigenvalue weighted by Gasteiger charge is -2.10. The Morgan fingerprint density at radius 3 is 2.58 bits per heavy atom. The molecular formula is C31H31NO4. The number of fused-ring (bicyclic) bond motifs is 1. The minimum Gasteiger partial charge on any atom is -0.493 e. The number of carbonyl (C=O) groups is 1. The van der Waals surface area contributed by atoms with Gasteiger partial charge in [0.25, 0.3) is 0 Å². The molecule has 0 spiro atoms. The molecule has 0 saturated carbocycles. The van der Waals surface area contributed by atoms with Gasteiger partial charge in [-0.05, 0) is 71.8 Å². The molecule has 0 bridgehead atoms. The van der Waals surface area contributed by atoms with Crippen molar-refractivity contribution in [2.24, 2.45) is 0 Å². The lowest BCUT2D eigenvalue weighted by molar-refractivity contribution is -0.108. The molecule has 1 aromatic heterocycles.